The van der Waals surface area contributed by atoms with Crippen LogP contribution in [0.2, 0.25) is 0 Å². The van der Waals surface area contributed by atoms with E-state index in [0.717, 1.165) is 30.9 Å². The molecule has 0 heterocycles. The maximum absolute atomic E-state index is 13.2. The fourth-order valence-electron chi connectivity index (χ4n) is 5.07. The molecule has 0 aromatic rings. The third kappa shape index (κ3) is 8.61. The first-order chi connectivity index (χ1) is 17.1. The zero-order valence-electron chi connectivity index (χ0n) is 22.5. The number of carboxylic acid groups (broad SMARTS) is 1. The van der Waals surface area contributed by atoms with Crippen molar-refractivity contribution in [1.29, 1.82) is 0 Å². The van der Waals surface area contributed by atoms with Crippen LogP contribution in [-0.4, -0.2) is 40.3 Å². The van der Waals surface area contributed by atoms with Gasteiger partial charge >= 0.3 is 17.9 Å². The van der Waals surface area contributed by atoms with Gasteiger partial charge in [0.2, 0.25) is 0 Å². The first kappa shape index (κ1) is 29.8. The fourth-order valence-corrected chi connectivity index (χ4v) is 5.07. The molecular formula is C29H44O7. The molecule has 0 fully saturated rings. The highest BCUT2D eigenvalue weighted by Crippen LogP contribution is 2.46. The lowest BCUT2D eigenvalue weighted by Gasteiger charge is -2.38. The number of aliphatic carboxylic acids is 1. The molecule has 2 rings (SSSR count). The molecule has 0 amide bonds. The number of aliphatic hydroxyl groups excluding tert-OH is 1. The molecule has 0 aliphatic heterocycles. The Kier molecular flexibility index (Phi) is 11.9. The van der Waals surface area contributed by atoms with Crippen molar-refractivity contribution in [3.8, 4) is 0 Å². The number of carboxylic acids is 1. The predicted octanol–water partition coefficient (Wildman–Crippen LogP) is 5.73. The number of aliphatic hydroxyl groups is 1. The van der Waals surface area contributed by atoms with Gasteiger partial charge in [-0.3, -0.25) is 4.79 Å². The summed E-state index contributed by atoms with van der Waals surface area (Å²) in [4.78, 5) is 36.3. The minimum absolute atomic E-state index is 0.130. The molecule has 2 aliphatic carbocycles. The number of allylic oxidation sites excluding steroid dienone is 3. The van der Waals surface area contributed by atoms with Crippen LogP contribution in [0.3, 0.4) is 0 Å². The molecule has 0 radical (unpaired) electrons. The van der Waals surface area contributed by atoms with Crippen LogP contribution in [0.5, 0.6) is 0 Å². The highest BCUT2D eigenvalue weighted by Gasteiger charge is 2.36. The van der Waals surface area contributed by atoms with Crippen LogP contribution in [0.15, 0.2) is 35.1 Å². The molecule has 7 nitrogen and oxygen atoms in total. The number of hydrogen-bond donors (Lipinski definition) is 2. The van der Waals surface area contributed by atoms with E-state index in [9.17, 15) is 19.5 Å². The summed E-state index contributed by atoms with van der Waals surface area (Å²) in [6.45, 7) is 9.94. The van der Waals surface area contributed by atoms with E-state index in [1.54, 1.807) is 6.92 Å². The third-order valence-corrected chi connectivity index (χ3v) is 7.39. The summed E-state index contributed by atoms with van der Waals surface area (Å²) in [6.07, 6.45) is 9.15. The maximum atomic E-state index is 13.2. The Bertz CT molecular complexity index is 869. The Morgan fingerprint density at radius 2 is 1.89 bits per heavy atom. The van der Waals surface area contributed by atoms with Gasteiger partial charge in [-0.15, -0.1) is 0 Å². The topological polar surface area (TPSA) is 110 Å². The summed E-state index contributed by atoms with van der Waals surface area (Å²) in [5.41, 5.74) is 2.37. The van der Waals surface area contributed by atoms with Crippen LogP contribution < -0.4 is 0 Å². The molecule has 7 heteroatoms. The molecule has 36 heavy (non-hydrogen) atoms. The quantitative estimate of drug-likeness (QED) is 0.244. The molecule has 2 aliphatic rings. The molecule has 0 spiro atoms. The van der Waals surface area contributed by atoms with Gasteiger partial charge in [-0.2, -0.15) is 0 Å². The van der Waals surface area contributed by atoms with Gasteiger partial charge in [0.05, 0.1) is 12.0 Å². The second-order valence-corrected chi connectivity index (χ2v) is 10.5. The summed E-state index contributed by atoms with van der Waals surface area (Å²) in [5.74, 6) is -0.916. The van der Waals surface area contributed by atoms with E-state index in [-0.39, 0.29) is 30.1 Å². The second kappa shape index (κ2) is 14.4. The molecule has 0 saturated carbocycles. The molecule has 0 saturated heterocycles. The number of hydrogen-bond acceptors (Lipinski definition) is 6. The average molecular weight is 505 g/mol. The molecular weight excluding hydrogens is 460 g/mol. The third-order valence-electron chi connectivity index (χ3n) is 7.39. The minimum Gasteiger partial charge on any atom is -0.478 e. The van der Waals surface area contributed by atoms with Crippen molar-refractivity contribution in [2.45, 2.75) is 105 Å². The molecule has 0 aromatic heterocycles. The summed E-state index contributed by atoms with van der Waals surface area (Å²) in [7, 11) is 0. The molecule has 0 aromatic carbocycles. The van der Waals surface area contributed by atoms with Gasteiger partial charge in [0.15, 0.2) is 6.10 Å². The monoisotopic (exact) mass is 504 g/mol. The number of esters is 2. The van der Waals surface area contributed by atoms with Crippen LogP contribution in [0.4, 0.5) is 0 Å². The lowest BCUT2D eigenvalue weighted by atomic mass is 9.69. The van der Waals surface area contributed by atoms with E-state index in [1.807, 2.05) is 19.9 Å². The lowest BCUT2D eigenvalue weighted by Crippen LogP contribution is -2.33. The van der Waals surface area contributed by atoms with Gasteiger partial charge in [-0.05, 0) is 80.8 Å². The van der Waals surface area contributed by atoms with Crippen LogP contribution in [0, 0.1) is 23.7 Å². The number of ether oxygens (including phenoxy) is 2. The van der Waals surface area contributed by atoms with Crippen molar-refractivity contribution in [3.63, 3.8) is 0 Å². The molecule has 2 N–H and O–H groups in total. The van der Waals surface area contributed by atoms with E-state index in [1.165, 1.54) is 11.6 Å². The number of carbonyl (C=O) groups is 3. The van der Waals surface area contributed by atoms with E-state index >= 15 is 0 Å². The van der Waals surface area contributed by atoms with Crippen LogP contribution in [-0.2, 0) is 23.9 Å². The van der Waals surface area contributed by atoms with E-state index in [4.69, 9.17) is 14.6 Å². The van der Waals surface area contributed by atoms with Gasteiger partial charge in [-0.25, -0.2) is 9.59 Å². The Morgan fingerprint density at radius 1 is 1.17 bits per heavy atom. The molecule has 0 bridgehead atoms. The van der Waals surface area contributed by atoms with Gasteiger partial charge < -0.3 is 19.7 Å². The van der Waals surface area contributed by atoms with Crippen molar-refractivity contribution in [1.82, 2.24) is 0 Å². The molecule has 0 unspecified atom stereocenters. The normalized spacial score (nSPS) is 24.5. The highest BCUT2D eigenvalue weighted by molar-refractivity contribution is 5.81. The van der Waals surface area contributed by atoms with Gasteiger partial charge in [0, 0.05) is 6.08 Å². The van der Waals surface area contributed by atoms with Crippen molar-refractivity contribution in [2.75, 3.05) is 0 Å². The van der Waals surface area contributed by atoms with Crippen LogP contribution >= 0.6 is 0 Å². The predicted molar refractivity (Wildman–Crippen MR) is 138 cm³/mol. The van der Waals surface area contributed by atoms with Crippen LogP contribution in [0.1, 0.15) is 92.4 Å². The Morgan fingerprint density at radius 3 is 2.53 bits per heavy atom. The molecule has 202 valence electrons. The summed E-state index contributed by atoms with van der Waals surface area (Å²) >= 11 is 0. The zero-order chi connectivity index (χ0) is 26.8. The number of rotatable bonds is 13. The minimum atomic E-state index is -1.03. The van der Waals surface area contributed by atoms with Crippen molar-refractivity contribution in [3.05, 3.63) is 35.1 Å². The van der Waals surface area contributed by atoms with E-state index in [0.29, 0.717) is 43.8 Å². The summed E-state index contributed by atoms with van der Waals surface area (Å²) in [5, 5.41) is 19.2. The summed E-state index contributed by atoms with van der Waals surface area (Å²) < 4.78 is 11.5. The van der Waals surface area contributed by atoms with Gasteiger partial charge in [-0.1, -0.05) is 52.7 Å². The second-order valence-electron chi connectivity index (χ2n) is 10.5. The SMILES string of the molecule is CCC[C@@H](OC(=O)[C@@H](C)CC)C(=O)OC1=C[C@H](C)CC2=C1[C@H](CC[C@@H](O)C/C=C\C(=O)O)[C@H](C)CC2. The summed E-state index contributed by atoms with van der Waals surface area (Å²) in [6, 6.07) is 0. The van der Waals surface area contributed by atoms with Crippen molar-refractivity contribution >= 4 is 17.9 Å². The highest BCUT2D eigenvalue weighted by atomic mass is 16.6. The van der Waals surface area contributed by atoms with Crippen molar-refractivity contribution < 1.29 is 34.1 Å². The average Bonchev–Trinajstić information content (AvgIpc) is 2.82. The molecule has 6 atom stereocenters. The van der Waals surface area contributed by atoms with E-state index in [2.05, 4.69) is 13.8 Å². The van der Waals surface area contributed by atoms with Gasteiger partial charge in [0.1, 0.15) is 5.76 Å². The van der Waals surface area contributed by atoms with Crippen LogP contribution in [0.25, 0.3) is 0 Å². The Labute approximate surface area is 215 Å². The van der Waals surface area contributed by atoms with Crippen molar-refractivity contribution in [2.24, 2.45) is 23.7 Å². The first-order valence-corrected chi connectivity index (χ1v) is 13.5. The maximum Gasteiger partial charge on any atom is 0.352 e. The van der Waals surface area contributed by atoms with Gasteiger partial charge in [0.25, 0.3) is 0 Å². The standard InChI is InChI=1S/C29H44O7/c1-6-9-24(35-28(33)19(4)7-2)29(34)36-25-17-18(3)16-21-13-12-20(5)23(27(21)25)15-14-22(30)10-8-11-26(31)32/h8,11,17-20,22-24,30H,6-7,9-10,12-16H2,1-5H3,(H,31,32)/b11-8-/t18-,19+,20-,22+,23-,24-/m1/s1. The smallest absolute Gasteiger partial charge is 0.352 e. The van der Waals surface area contributed by atoms with E-state index < -0.39 is 24.1 Å². The fraction of sp³-hybridized carbons (Fsp3) is 0.690. The largest absolute Gasteiger partial charge is 0.478 e. The Balaban J connectivity index is 2.19. The zero-order valence-corrected chi connectivity index (χ0v) is 22.5. The lowest BCUT2D eigenvalue weighted by molar-refractivity contribution is -0.168. The first-order valence-electron chi connectivity index (χ1n) is 13.5. The Hall–Kier alpha value is -2.41. The number of carbonyl (C=O) groups excluding carboxylic acids is 2.